The lowest BCUT2D eigenvalue weighted by Crippen LogP contribution is -1.95. The molecular formula is C16H10ClN3O. The molecule has 0 saturated carbocycles. The molecule has 2 aromatic heterocycles. The van der Waals surface area contributed by atoms with Crippen LogP contribution in [0.5, 0.6) is 0 Å². The number of hydrogen-bond donors (Lipinski definition) is 0. The average molecular weight is 296 g/mol. The fraction of sp³-hybridized carbons (Fsp3) is 0. The maximum atomic E-state index is 6.30. The van der Waals surface area contributed by atoms with Crippen molar-refractivity contribution >= 4 is 22.7 Å². The molecule has 0 saturated heterocycles. The monoisotopic (exact) mass is 295 g/mol. The van der Waals surface area contributed by atoms with Crippen LogP contribution in [0.15, 0.2) is 65.3 Å². The lowest BCUT2D eigenvalue weighted by atomic mass is 10.2. The van der Waals surface area contributed by atoms with Gasteiger partial charge in [0.05, 0.1) is 5.02 Å². The summed E-state index contributed by atoms with van der Waals surface area (Å²) < 4.78 is 7.62. The van der Waals surface area contributed by atoms with Crippen molar-refractivity contribution in [2.45, 2.75) is 0 Å². The van der Waals surface area contributed by atoms with Crippen molar-refractivity contribution in [3.05, 3.63) is 65.9 Å². The fourth-order valence-electron chi connectivity index (χ4n) is 2.27. The molecule has 102 valence electrons. The number of fused-ring (bicyclic) bond motifs is 1. The largest absolute Gasteiger partial charge is 0.434 e. The van der Waals surface area contributed by atoms with Gasteiger partial charge in [0.2, 0.25) is 5.89 Å². The Morgan fingerprint density at radius 1 is 1.00 bits per heavy atom. The maximum absolute atomic E-state index is 6.30. The average Bonchev–Trinajstić information content (AvgIpc) is 3.17. The first kappa shape index (κ1) is 12.2. The molecule has 4 aromatic rings. The van der Waals surface area contributed by atoms with E-state index in [0.29, 0.717) is 22.2 Å². The minimum atomic E-state index is 0.571. The number of rotatable bonds is 2. The first-order valence-electron chi connectivity index (χ1n) is 6.47. The predicted molar refractivity (Wildman–Crippen MR) is 81.6 cm³/mol. The van der Waals surface area contributed by atoms with Gasteiger partial charge in [0.1, 0.15) is 11.2 Å². The highest BCUT2D eigenvalue weighted by Gasteiger charge is 2.16. The van der Waals surface area contributed by atoms with Gasteiger partial charge in [-0.25, -0.2) is 9.67 Å². The highest BCUT2D eigenvalue weighted by atomic mass is 35.5. The van der Waals surface area contributed by atoms with Crippen LogP contribution in [0.3, 0.4) is 0 Å². The van der Waals surface area contributed by atoms with Crippen LogP contribution in [-0.4, -0.2) is 14.8 Å². The highest BCUT2D eigenvalue weighted by Crippen LogP contribution is 2.32. The van der Waals surface area contributed by atoms with Crippen molar-refractivity contribution in [2.75, 3.05) is 0 Å². The minimum Gasteiger partial charge on any atom is -0.434 e. The number of nitrogens with zero attached hydrogens (tertiary/aromatic N) is 3. The molecule has 21 heavy (non-hydrogen) atoms. The molecule has 0 spiro atoms. The first-order chi connectivity index (χ1) is 10.3. The predicted octanol–water partition coefficient (Wildman–Crippen LogP) is 4.33. The summed E-state index contributed by atoms with van der Waals surface area (Å²) in [7, 11) is 0. The number of halogens is 1. The Hall–Kier alpha value is -2.59. The third-order valence-corrected chi connectivity index (χ3v) is 3.54. The molecule has 0 aliphatic carbocycles. The third-order valence-electron chi connectivity index (χ3n) is 3.24. The summed E-state index contributed by atoms with van der Waals surface area (Å²) in [5.74, 6) is 0.571. The summed E-state index contributed by atoms with van der Waals surface area (Å²) in [5.41, 5.74) is 3.01. The van der Waals surface area contributed by atoms with Gasteiger partial charge in [0, 0.05) is 18.0 Å². The highest BCUT2D eigenvalue weighted by molar-refractivity contribution is 6.33. The second-order valence-corrected chi connectivity index (χ2v) is 4.99. The second kappa shape index (κ2) is 4.75. The Balaban J connectivity index is 1.98. The number of benzene rings is 2. The van der Waals surface area contributed by atoms with E-state index in [1.807, 2.05) is 48.7 Å². The molecule has 4 nitrogen and oxygen atoms in total. The molecule has 0 fully saturated rings. The van der Waals surface area contributed by atoms with E-state index in [-0.39, 0.29) is 0 Å². The zero-order chi connectivity index (χ0) is 14.2. The van der Waals surface area contributed by atoms with E-state index in [4.69, 9.17) is 16.0 Å². The molecule has 0 radical (unpaired) electrons. The number of oxazole rings is 1. The lowest BCUT2D eigenvalue weighted by molar-refractivity contribution is 0.615. The van der Waals surface area contributed by atoms with E-state index in [1.54, 1.807) is 16.9 Å². The summed E-state index contributed by atoms with van der Waals surface area (Å²) in [4.78, 5) is 4.53. The minimum absolute atomic E-state index is 0.571. The summed E-state index contributed by atoms with van der Waals surface area (Å²) in [6.45, 7) is 0. The van der Waals surface area contributed by atoms with Crippen LogP contribution in [0.2, 0.25) is 5.02 Å². The second-order valence-electron chi connectivity index (χ2n) is 4.58. The van der Waals surface area contributed by atoms with Crippen LogP contribution < -0.4 is 0 Å². The van der Waals surface area contributed by atoms with E-state index >= 15 is 0 Å². The van der Waals surface area contributed by atoms with Crippen molar-refractivity contribution in [2.24, 2.45) is 0 Å². The Labute approximate surface area is 125 Å². The van der Waals surface area contributed by atoms with Crippen LogP contribution in [0.25, 0.3) is 28.2 Å². The quantitative estimate of drug-likeness (QED) is 0.553. The summed E-state index contributed by atoms with van der Waals surface area (Å²) in [5, 5.41) is 4.80. The molecule has 0 N–H and O–H groups in total. The zero-order valence-corrected chi connectivity index (χ0v) is 11.7. The van der Waals surface area contributed by atoms with Crippen LogP contribution in [-0.2, 0) is 0 Å². The number of aromatic nitrogens is 3. The molecular weight excluding hydrogens is 286 g/mol. The summed E-state index contributed by atoms with van der Waals surface area (Å²) >= 11 is 6.30. The Bertz CT molecular complexity index is 898. The standard InChI is InChI=1S/C16H10ClN3O/c17-12-7-8-13-15(14(12)20-10-4-9-18-20)21-16(19-13)11-5-2-1-3-6-11/h1-10H. The first-order valence-corrected chi connectivity index (χ1v) is 6.85. The summed E-state index contributed by atoms with van der Waals surface area (Å²) in [6.07, 6.45) is 3.52. The molecule has 5 heteroatoms. The van der Waals surface area contributed by atoms with E-state index in [0.717, 1.165) is 11.1 Å². The molecule has 0 aliphatic rings. The van der Waals surface area contributed by atoms with Crippen molar-refractivity contribution < 1.29 is 4.42 Å². The van der Waals surface area contributed by atoms with Crippen molar-refractivity contribution in [1.29, 1.82) is 0 Å². The normalized spacial score (nSPS) is 11.1. The van der Waals surface area contributed by atoms with Gasteiger partial charge in [-0.3, -0.25) is 0 Å². The molecule has 0 atom stereocenters. The molecule has 0 unspecified atom stereocenters. The lowest BCUT2D eigenvalue weighted by Gasteiger charge is -2.03. The van der Waals surface area contributed by atoms with Gasteiger partial charge < -0.3 is 4.42 Å². The molecule has 0 amide bonds. The van der Waals surface area contributed by atoms with E-state index in [2.05, 4.69) is 10.1 Å². The van der Waals surface area contributed by atoms with Gasteiger partial charge >= 0.3 is 0 Å². The van der Waals surface area contributed by atoms with Gasteiger partial charge in [-0.2, -0.15) is 5.10 Å². The fourth-order valence-corrected chi connectivity index (χ4v) is 2.51. The molecule has 4 rings (SSSR count). The van der Waals surface area contributed by atoms with Crippen molar-refractivity contribution in [3.63, 3.8) is 0 Å². The molecule has 2 aromatic carbocycles. The third kappa shape index (κ3) is 2.00. The molecule has 0 bridgehead atoms. The van der Waals surface area contributed by atoms with Crippen LogP contribution in [0.4, 0.5) is 0 Å². The van der Waals surface area contributed by atoms with E-state index < -0.39 is 0 Å². The smallest absolute Gasteiger partial charge is 0.227 e. The Kier molecular flexibility index (Phi) is 2.75. The van der Waals surface area contributed by atoms with Gasteiger partial charge in [0.15, 0.2) is 5.58 Å². The van der Waals surface area contributed by atoms with Gasteiger partial charge in [0.25, 0.3) is 0 Å². The van der Waals surface area contributed by atoms with Crippen molar-refractivity contribution in [1.82, 2.24) is 14.8 Å². The zero-order valence-electron chi connectivity index (χ0n) is 10.9. The SMILES string of the molecule is Clc1ccc2nc(-c3ccccc3)oc2c1-n1cccn1. The van der Waals surface area contributed by atoms with E-state index in [9.17, 15) is 0 Å². The van der Waals surface area contributed by atoms with Crippen molar-refractivity contribution in [3.8, 4) is 17.1 Å². The Morgan fingerprint density at radius 3 is 2.62 bits per heavy atom. The topological polar surface area (TPSA) is 43.9 Å². The summed E-state index contributed by atoms with van der Waals surface area (Å²) in [6, 6.07) is 15.3. The van der Waals surface area contributed by atoms with E-state index in [1.165, 1.54) is 0 Å². The van der Waals surface area contributed by atoms with Gasteiger partial charge in [-0.05, 0) is 30.3 Å². The molecule has 2 heterocycles. The van der Waals surface area contributed by atoms with Gasteiger partial charge in [-0.1, -0.05) is 29.8 Å². The van der Waals surface area contributed by atoms with Gasteiger partial charge in [-0.15, -0.1) is 0 Å². The van der Waals surface area contributed by atoms with Crippen LogP contribution >= 0.6 is 11.6 Å². The van der Waals surface area contributed by atoms with Crippen LogP contribution in [0, 0.1) is 0 Å². The molecule has 0 aliphatic heterocycles. The Morgan fingerprint density at radius 2 is 1.86 bits per heavy atom. The number of hydrogen-bond acceptors (Lipinski definition) is 3. The maximum Gasteiger partial charge on any atom is 0.227 e. The van der Waals surface area contributed by atoms with Crippen LogP contribution in [0.1, 0.15) is 0 Å².